The van der Waals surface area contributed by atoms with E-state index in [-0.39, 0.29) is 11.9 Å². The van der Waals surface area contributed by atoms with Crippen LogP contribution >= 0.6 is 11.6 Å². The molecule has 17 heavy (non-hydrogen) atoms. The summed E-state index contributed by atoms with van der Waals surface area (Å²) in [6, 6.07) is 4.96. The Labute approximate surface area is 106 Å². The van der Waals surface area contributed by atoms with Crippen molar-refractivity contribution >= 4 is 11.6 Å². The summed E-state index contributed by atoms with van der Waals surface area (Å²) in [4.78, 5) is 0. The minimum absolute atomic E-state index is 0.0837. The molecule has 0 aliphatic carbocycles. The Morgan fingerprint density at radius 3 is 3.06 bits per heavy atom. The standard InChI is InChI=1S/C13H17ClFNO/c1-2-10-5-6-17-13(8-16-10)11-4-3-9(15)7-12(11)14/h3-4,7,10,13,16H,2,5-6,8H2,1H3. The third-order valence-electron chi connectivity index (χ3n) is 3.18. The maximum Gasteiger partial charge on any atom is 0.124 e. The topological polar surface area (TPSA) is 21.3 Å². The fourth-order valence-corrected chi connectivity index (χ4v) is 2.39. The van der Waals surface area contributed by atoms with Crippen LogP contribution in [0.3, 0.4) is 0 Å². The van der Waals surface area contributed by atoms with E-state index in [4.69, 9.17) is 16.3 Å². The van der Waals surface area contributed by atoms with Crippen molar-refractivity contribution < 1.29 is 9.13 Å². The second-order valence-corrected chi connectivity index (χ2v) is 4.73. The zero-order valence-corrected chi connectivity index (χ0v) is 10.6. The quantitative estimate of drug-likeness (QED) is 0.878. The zero-order valence-electron chi connectivity index (χ0n) is 9.88. The highest BCUT2D eigenvalue weighted by molar-refractivity contribution is 6.31. The highest BCUT2D eigenvalue weighted by Gasteiger charge is 2.21. The molecule has 1 aliphatic heterocycles. The summed E-state index contributed by atoms with van der Waals surface area (Å²) >= 11 is 6.04. The summed E-state index contributed by atoms with van der Waals surface area (Å²) in [7, 11) is 0. The number of halogens is 2. The predicted octanol–water partition coefficient (Wildman–Crippen LogP) is 3.31. The molecule has 2 atom stereocenters. The molecule has 0 aromatic heterocycles. The molecular formula is C13H17ClFNO. The molecule has 1 heterocycles. The van der Waals surface area contributed by atoms with Crippen molar-refractivity contribution in [2.75, 3.05) is 13.2 Å². The van der Waals surface area contributed by atoms with Crippen LogP contribution in [0.25, 0.3) is 0 Å². The average molecular weight is 258 g/mol. The molecule has 1 aromatic rings. The van der Waals surface area contributed by atoms with E-state index in [0.717, 1.165) is 24.9 Å². The van der Waals surface area contributed by atoms with Gasteiger partial charge in [-0.25, -0.2) is 4.39 Å². The Balaban J connectivity index is 2.11. The van der Waals surface area contributed by atoms with Crippen molar-refractivity contribution in [3.05, 3.63) is 34.6 Å². The summed E-state index contributed by atoms with van der Waals surface area (Å²) < 4.78 is 18.7. The van der Waals surface area contributed by atoms with Crippen LogP contribution in [0, 0.1) is 5.82 Å². The van der Waals surface area contributed by atoms with Gasteiger partial charge in [-0.1, -0.05) is 24.6 Å². The lowest BCUT2D eigenvalue weighted by atomic mass is 10.1. The molecule has 1 aromatic carbocycles. The Hall–Kier alpha value is -0.640. The van der Waals surface area contributed by atoms with Gasteiger partial charge in [0, 0.05) is 29.8 Å². The van der Waals surface area contributed by atoms with Crippen molar-refractivity contribution in [1.82, 2.24) is 5.32 Å². The van der Waals surface area contributed by atoms with E-state index in [1.807, 2.05) is 0 Å². The van der Waals surface area contributed by atoms with Crippen LogP contribution in [0.2, 0.25) is 5.02 Å². The molecule has 4 heteroatoms. The van der Waals surface area contributed by atoms with Gasteiger partial charge >= 0.3 is 0 Å². The Morgan fingerprint density at radius 2 is 2.35 bits per heavy atom. The molecule has 0 radical (unpaired) electrons. The van der Waals surface area contributed by atoms with Crippen LogP contribution in [0.15, 0.2) is 18.2 Å². The van der Waals surface area contributed by atoms with Gasteiger partial charge in [-0.15, -0.1) is 0 Å². The van der Waals surface area contributed by atoms with Crippen molar-refractivity contribution in [3.8, 4) is 0 Å². The SMILES string of the molecule is CCC1CCOC(c2ccc(F)cc2Cl)CN1. The molecule has 0 bridgehead atoms. The third-order valence-corrected chi connectivity index (χ3v) is 3.51. The summed E-state index contributed by atoms with van der Waals surface area (Å²) in [5.41, 5.74) is 0.859. The molecular weight excluding hydrogens is 241 g/mol. The van der Waals surface area contributed by atoms with Gasteiger partial charge in [-0.3, -0.25) is 0 Å². The van der Waals surface area contributed by atoms with Crippen molar-refractivity contribution in [3.63, 3.8) is 0 Å². The Bertz CT molecular complexity index is 386. The van der Waals surface area contributed by atoms with Crippen LogP contribution in [0.5, 0.6) is 0 Å². The second kappa shape index (κ2) is 5.80. The molecule has 1 aliphatic rings. The predicted molar refractivity (Wildman–Crippen MR) is 66.8 cm³/mol. The number of benzene rings is 1. The smallest absolute Gasteiger partial charge is 0.124 e. The molecule has 2 nitrogen and oxygen atoms in total. The largest absolute Gasteiger partial charge is 0.372 e. The van der Waals surface area contributed by atoms with Gasteiger partial charge in [0.15, 0.2) is 0 Å². The van der Waals surface area contributed by atoms with Gasteiger partial charge in [0.1, 0.15) is 5.82 Å². The fourth-order valence-electron chi connectivity index (χ4n) is 2.10. The zero-order chi connectivity index (χ0) is 12.3. The van der Waals surface area contributed by atoms with Gasteiger partial charge in [-0.2, -0.15) is 0 Å². The van der Waals surface area contributed by atoms with E-state index in [0.29, 0.717) is 17.7 Å². The van der Waals surface area contributed by atoms with E-state index >= 15 is 0 Å². The molecule has 2 unspecified atom stereocenters. The van der Waals surface area contributed by atoms with Crippen LogP contribution in [-0.4, -0.2) is 19.2 Å². The Morgan fingerprint density at radius 1 is 1.53 bits per heavy atom. The van der Waals surface area contributed by atoms with Crippen LogP contribution in [-0.2, 0) is 4.74 Å². The second-order valence-electron chi connectivity index (χ2n) is 4.33. The van der Waals surface area contributed by atoms with Crippen LogP contribution in [0.1, 0.15) is 31.4 Å². The first-order valence-corrected chi connectivity index (χ1v) is 6.38. The van der Waals surface area contributed by atoms with E-state index in [9.17, 15) is 4.39 Å². The number of rotatable bonds is 2. The first-order valence-electron chi connectivity index (χ1n) is 6.00. The lowest BCUT2D eigenvalue weighted by molar-refractivity contribution is 0.0664. The van der Waals surface area contributed by atoms with Crippen LogP contribution < -0.4 is 5.32 Å². The summed E-state index contributed by atoms with van der Waals surface area (Å²) in [6.07, 6.45) is 2.01. The molecule has 1 N–H and O–H groups in total. The minimum Gasteiger partial charge on any atom is -0.372 e. The van der Waals surface area contributed by atoms with Crippen LogP contribution in [0.4, 0.5) is 4.39 Å². The molecule has 1 saturated heterocycles. The summed E-state index contributed by atoms with van der Waals surface area (Å²) in [6.45, 7) is 3.59. The number of ether oxygens (including phenoxy) is 1. The van der Waals surface area contributed by atoms with Gasteiger partial charge in [0.2, 0.25) is 0 Å². The first kappa shape index (κ1) is 12.8. The molecule has 2 rings (SSSR count). The molecule has 94 valence electrons. The van der Waals surface area contributed by atoms with Gasteiger partial charge in [0.05, 0.1) is 6.10 Å². The maximum atomic E-state index is 13.0. The summed E-state index contributed by atoms with van der Waals surface area (Å²) in [5, 5.41) is 3.88. The normalized spacial score (nSPS) is 25.6. The van der Waals surface area contributed by atoms with Gasteiger partial charge in [0.25, 0.3) is 0 Å². The number of hydrogen-bond acceptors (Lipinski definition) is 2. The maximum absolute atomic E-state index is 13.0. The fraction of sp³-hybridized carbons (Fsp3) is 0.538. The number of nitrogens with one attached hydrogen (secondary N) is 1. The van der Waals surface area contributed by atoms with Gasteiger partial charge < -0.3 is 10.1 Å². The number of hydrogen-bond donors (Lipinski definition) is 1. The monoisotopic (exact) mass is 257 g/mol. The molecule has 0 amide bonds. The lowest BCUT2D eigenvalue weighted by Gasteiger charge is -2.17. The molecule has 0 saturated carbocycles. The van der Waals surface area contributed by atoms with Crippen molar-refractivity contribution in [2.24, 2.45) is 0 Å². The minimum atomic E-state index is -0.313. The highest BCUT2D eigenvalue weighted by atomic mass is 35.5. The third kappa shape index (κ3) is 3.18. The highest BCUT2D eigenvalue weighted by Crippen LogP contribution is 2.27. The van der Waals surface area contributed by atoms with E-state index in [1.165, 1.54) is 12.1 Å². The average Bonchev–Trinajstić information content (AvgIpc) is 2.54. The Kier molecular flexibility index (Phi) is 4.37. The molecule has 0 spiro atoms. The van der Waals surface area contributed by atoms with E-state index in [1.54, 1.807) is 6.07 Å². The van der Waals surface area contributed by atoms with Crippen molar-refractivity contribution in [1.29, 1.82) is 0 Å². The summed E-state index contributed by atoms with van der Waals surface area (Å²) in [5.74, 6) is -0.313. The van der Waals surface area contributed by atoms with E-state index in [2.05, 4.69) is 12.2 Å². The van der Waals surface area contributed by atoms with Crippen molar-refractivity contribution in [2.45, 2.75) is 31.9 Å². The lowest BCUT2D eigenvalue weighted by Crippen LogP contribution is -2.29. The molecule has 1 fully saturated rings. The van der Waals surface area contributed by atoms with Gasteiger partial charge in [-0.05, 0) is 25.0 Å². The first-order chi connectivity index (χ1) is 8.20. The van der Waals surface area contributed by atoms with E-state index < -0.39 is 0 Å².